The van der Waals surface area contributed by atoms with Crippen LogP contribution in [0.25, 0.3) is 0 Å². The number of nitrogens with one attached hydrogen (secondary N) is 1. The Balaban J connectivity index is 0.00000225. The lowest BCUT2D eigenvalue weighted by molar-refractivity contribution is 0.558. The van der Waals surface area contributed by atoms with Crippen LogP contribution in [0.15, 0.2) is 21.8 Å². The first-order valence-corrected chi connectivity index (χ1v) is 6.03. The lowest BCUT2D eigenvalue weighted by atomic mass is 10.3. The van der Waals surface area contributed by atoms with Gasteiger partial charge in [-0.15, -0.1) is 24.0 Å². The number of rotatable bonds is 3. The second kappa shape index (κ2) is 7.89. The minimum absolute atomic E-state index is 0. The second-order valence-corrected chi connectivity index (χ2v) is 4.74. The maximum absolute atomic E-state index is 4.54. The summed E-state index contributed by atoms with van der Waals surface area (Å²) < 4.78 is 0. The molecule has 3 nitrogen and oxygen atoms in total. The van der Waals surface area contributed by atoms with Crippen LogP contribution < -0.4 is 5.32 Å². The molecule has 0 aliphatic rings. The fourth-order valence-corrected chi connectivity index (χ4v) is 1.78. The lowest BCUT2D eigenvalue weighted by Gasteiger charge is -2.19. The van der Waals surface area contributed by atoms with Gasteiger partial charge in [0, 0.05) is 20.1 Å². The molecule has 0 fully saturated rings. The van der Waals surface area contributed by atoms with Gasteiger partial charge in [0.2, 0.25) is 0 Å². The van der Waals surface area contributed by atoms with Gasteiger partial charge in [0.05, 0.1) is 6.54 Å². The van der Waals surface area contributed by atoms with Gasteiger partial charge in [0.15, 0.2) is 5.96 Å². The van der Waals surface area contributed by atoms with E-state index < -0.39 is 0 Å². The minimum atomic E-state index is 0. The third kappa shape index (κ3) is 5.69. The number of thiophene rings is 1. The van der Waals surface area contributed by atoms with Crippen molar-refractivity contribution >= 4 is 41.3 Å². The van der Waals surface area contributed by atoms with Gasteiger partial charge in [-0.05, 0) is 36.2 Å². The van der Waals surface area contributed by atoms with E-state index in [1.165, 1.54) is 5.56 Å². The van der Waals surface area contributed by atoms with E-state index in [-0.39, 0.29) is 24.0 Å². The van der Waals surface area contributed by atoms with Crippen molar-refractivity contribution in [2.75, 3.05) is 14.1 Å². The van der Waals surface area contributed by atoms with E-state index in [0.717, 1.165) is 12.5 Å². The van der Waals surface area contributed by atoms with Crippen LogP contribution in [0.2, 0.25) is 0 Å². The number of guanidine groups is 1. The van der Waals surface area contributed by atoms with Crippen LogP contribution in [-0.4, -0.2) is 31.0 Å². The molecule has 0 saturated carbocycles. The van der Waals surface area contributed by atoms with Crippen molar-refractivity contribution in [2.24, 2.45) is 4.99 Å². The van der Waals surface area contributed by atoms with E-state index in [1.54, 1.807) is 11.3 Å². The molecule has 0 saturated heterocycles. The zero-order valence-corrected chi connectivity index (χ0v) is 13.4. The molecule has 0 spiro atoms. The average Bonchev–Trinajstić information content (AvgIpc) is 2.63. The number of hydrogen-bond donors (Lipinski definition) is 1. The third-order valence-electron chi connectivity index (χ3n) is 1.83. The van der Waals surface area contributed by atoms with Gasteiger partial charge in [-0.1, -0.05) is 0 Å². The van der Waals surface area contributed by atoms with Gasteiger partial charge in [-0.25, -0.2) is 4.99 Å². The third-order valence-corrected chi connectivity index (χ3v) is 2.56. The summed E-state index contributed by atoms with van der Waals surface area (Å²) in [5, 5.41) is 7.53. The summed E-state index contributed by atoms with van der Waals surface area (Å²) in [6, 6.07) is 2.52. The molecular formula is C11H20IN3S. The zero-order valence-electron chi connectivity index (χ0n) is 10.2. The molecule has 92 valence electrons. The smallest absolute Gasteiger partial charge is 0.193 e. The largest absolute Gasteiger partial charge is 0.354 e. The van der Waals surface area contributed by atoms with Crippen molar-refractivity contribution in [3.05, 3.63) is 22.4 Å². The fourth-order valence-electron chi connectivity index (χ4n) is 1.12. The molecule has 0 atom stereocenters. The van der Waals surface area contributed by atoms with Crippen LogP contribution >= 0.6 is 35.3 Å². The van der Waals surface area contributed by atoms with Gasteiger partial charge >= 0.3 is 0 Å². The van der Waals surface area contributed by atoms with Gasteiger partial charge in [0.1, 0.15) is 0 Å². The van der Waals surface area contributed by atoms with Gasteiger partial charge in [-0.2, -0.15) is 11.3 Å². The van der Waals surface area contributed by atoms with Crippen LogP contribution in [0.1, 0.15) is 19.4 Å². The maximum atomic E-state index is 4.54. The number of aliphatic imine (C=N–C) groups is 1. The molecule has 0 unspecified atom stereocenters. The number of hydrogen-bond acceptors (Lipinski definition) is 2. The van der Waals surface area contributed by atoms with Crippen molar-refractivity contribution in [3.63, 3.8) is 0 Å². The Hall–Kier alpha value is -0.300. The van der Waals surface area contributed by atoms with Gasteiger partial charge in [-0.3, -0.25) is 0 Å². The van der Waals surface area contributed by atoms with Gasteiger partial charge in [0.25, 0.3) is 0 Å². The summed E-state index contributed by atoms with van der Waals surface area (Å²) in [4.78, 5) is 6.55. The Morgan fingerprint density at radius 3 is 2.62 bits per heavy atom. The molecular weight excluding hydrogens is 333 g/mol. The van der Waals surface area contributed by atoms with Crippen molar-refractivity contribution < 1.29 is 0 Å². The van der Waals surface area contributed by atoms with Crippen LogP contribution in [0.3, 0.4) is 0 Å². The SMILES string of the molecule is CC(C)NC(=NCc1ccsc1)N(C)C.I. The first-order valence-electron chi connectivity index (χ1n) is 5.09. The van der Waals surface area contributed by atoms with Crippen LogP contribution in [0, 0.1) is 0 Å². The number of nitrogens with zero attached hydrogens (tertiary/aromatic N) is 2. The summed E-state index contributed by atoms with van der Waals surface area (Å²) in [5.41, 5.74) is 1.27. The highest BCUT2D eigenvalue weighted by atomic mass is 127. The topological polar surface area (TPSA) is 27.6 Å². The molecule has 0 aromatic carbocycles. The normalized spacial score (nSPS) is 11.2. The molecule has 1 rings (SSSR count). The monoisotopic (exact) mass is 353 g/mol. The summed E-state index contributed by atoms with van der Waals surface area (Å²) in [6.45, 7) is 4.98. The van der Waals surface area contributed by atoms with Gasteiger partial charge < -0.3 is 10.2 Å². The average molecular weight is 353 g/mol. The molecule has 0 bridgehead atoms. The quantitative estimate of drug-likeness (QED) is 0.514. The van der Waals surface area contributed by atoms with Crippen molar-refractivity contribution in [1.29, 1.82) is 0 Å². The highest BCUT2D eigenvalue weighted by Gasteiger charge is 2.02. The summed E-state index contributed by atoms with van der Waals surface area (Å²) in [5.74, 6) is 0.941. The highest BCUT2D eigenvalue weighted by molar-refractivity contribution is 14.0. The first-order chi connectivity index (χ1) is 7.09. The molecule has 0 radical (unpaired) electrons. The summed E-state index contributed by atoms with van der Waals surface area (Å²) in [7, 11) is 4.00. The zero-order chi connectivity index (χ0) is 11.3. The minimum Gasteiger partial charge on any atom is -0.354 e. The Morgan fingerprint density at radius 2 is 2.19 bits per heavy atom. The molecule has 5 heteroatoms. The Labute approximate surface area is 119 Å². The molecule has 0 aliphatic heterocycles. The van der Waals surface area contributed by atoms with Crippen LogP contribution in [0.5, 0.6) is 0 Å². The van der Waals surface area contributed by atoms with E-state index in [9.17, 15) is 0 Å². The fraction of sp³-hybridized carbons (Fsp3) is 0.545. The van der Waals surface area contributed by atoms with Crippen molar-refractivity contribution in [2.45, 2.75) is 26.4 Å². The maximum Gasteiger partial charge on any atom is 0.193 e. The Bertz CT molecular complexity index is 307. The van der Waals surface area contributed by atoms with Crippen LogP contribution in [0.4, 0.5) is 0 Å². The van der Waals surface area contributed by atoms with E-state index >= 15 is 0 Å². The predicted octanol–water partition coefficient (Wildman–Crippen LogP) is 2.78. The lowest BCUT2D eigenvalue weighted by Crippen LogP contribution is -2.40. The van der Waals surface area contributed by atoms with E-state index in [1.807, 2.05) is 19.0 Å². The van der Waals surface area contributed by atoms with E-state index in [2.05, 4.69) is 41.0 Å². The molecule has 0 aliphatic carbocycles. The van der Waals surface area contributed by atoms with Crippen molar-refractivity contribution in [1.82, 2.24) is 10.2 Å². The standard InChI is InChI=1S/C11H19N3S.HI/c1-9(2)13-11(14(3)4)12-7-10-5-6-15-8-10;/h5-6,8-9H,7H2,1-4H3,(H,12,13);1H. The van der Waals surface area contributed by atoms with E-state index in [4.69, 9.17) is 0 Å². The molecule has 1 heterocycles. The molecule has 0 amide bonds. The second-order valence-electron chi connectivity index (χ2n) is 3.96. The molecule has 1 N–H and O–H groups in total. The summed E-state index contributed by atoms with van der Waals surface area (Å²) in [6.07, 6.45) is 0. The molecule has 16 heavy (non-hydrogen) atoms. The predicted molar refractivity (Wildman–Crippen MR) is 82.8 cm³/mol. The Morgan fingerprint density at radius 1 is 1.50 bits per heavy atom. The summed E-state index contributed by atoms with van der Waals surface area (Å²) >= 11 is 1.71. The number of halogens is 1. The van der Waals surface area contributed by atoms with Crippen LogP contribution in [-0.2, 0) is 6.54 Å². The van der Waals surface area contributed by atoms with Crippen molar-refractivity contribution in [3.8, 4) is 0 Å². The molecule has 1 aromatic rings. The van der Waals surface area contributed by atoms with E-state index in [0.29, 0.717) is 6.04 Å². The Kier molecular flexibility index (Phi) is 7.74. The molecule has 1 aromatic heterocycles. The first kappa shape index (κ1) is 15.7. The highest BCUT2D eigenvalue weighted by Crippen LogP contribution is 2.07.